The van der Waals surface area contributed by atoms with Gasteiger partial charge in [-0.2, -0.15) is 0 Å². The molecule has 3 rings (SSSR count). The fourth-order valence-electron chi connectivity index (χ4n) is 2.71. The minimum atomic E-state index is 0.360. The Labute approximate surface area is 124 Å². The van der Waals surface area contributed by atoms with Gasteiger partial charge in [0.2, 0.25) is 11.8 Å². The molecule has 1 aliphatic heterocycles. The number of hydrogen-bond donors (Lipinski definition) is 0. The van der Waals surface area contributed by atoms with Crippen molar-refractivity contribution in [1.29, 1.82) is 0 Å². The van der Waals surface area contributed by atoms with Gasteiger partial charge in [-0.25, -0.2) is 0 Å². The number of pyridine rings is 1. The summed E-state index contributed by atoms with van der Waals surface area (Å²) >= 11 is 0. The summed E-state index contributed by atoms with van der Waals surface area (Å²) in [7, 11) is 0. The molecule has 0 radical (unpaired) electrons. The molecule has 1 atom stereocenters. The second-order valence-electron chi connectivity index (χ2n) is 5.46. The zero-order valence-electron chi connectivity index (χ0n) is 12.6. The lowest BCUT2D eigenvalue weighted by molar-refractivity contribution is 0.0905. The van der Waals surface area contributed by atoms with E-state index in [1.54, 1.807) is 0 Å². The molecule has 6 heteroatoms. The molecule has 0 aliphatic carbocycles. The lowest BCUT2D eigenvalue weighted by Crippen LogP contribution is -2.46. The number of piperazine rings is 1. The molecule has 21 heavy (non-hydrogen) atoms. The van der Waals surface area contributed by atoms with E-state index in [-0.39, 0.29) is 0 Å². The topological polar surface area (TPSA) is 58.3 Å². The van der Waals surface area contributed by atoms with Gasteiger partial charge in [0.1, 0.15) is 0 Å². The fraction of sp³-hybridized carbons (Fsp3) is 0.533. The third kappa shape index (κ3) is 3.46. The highest BCUT2D eigenvalue weighted by Gasteiger charge is 2.23. The number of nitrogens with zero attached hydrogens (tertiary/aromatic N) is 5. The highest BCUT2D eigenvalue weighted by Crippen LogP contribution is 2.20. The van der Waals surface area contributed by atoms with Gasteiger partial charge in [0.25, 0.3) is 0 Å². The van der Waals surface area contributed by atoms with Crippen molar-refractivity contribution in [3.05, 3.63) is 41.9 Å². The van der Waals surface area contributed by atoms with Crippen molar-refractivity contribution in [2.24, 2.45) is 0 Å². The number of hydrogen-bond acceptors (Lipinski definition) is 6. The molecule has 0 unspecified atom stereocenters. The van der Waals surface area contributed by atoms with Gasteiger partial charge in [-0.1, -0.05) is 6.07 Å². The quantitative estimate of drug-likeness (QED) is 0.852. The predicted molar refractivity (Wildman–Crippen MR) is 78.5 cm³/mol. The second-order valence-corrected chi connectivity index (χ2v) is 5.46. The number of rotatable bonds is 4. The maximum Gasteiger partial charge on any atom is 0.230 e. The predicted octanol–water partition coefficient (Wildman–Crippen LogP) is 1.65. The lowest BCUT2D eigenvalue weighted by atomic mass is 10.1. The summed E-state index contributed by atoms with van der Waals surface area (Å²) in [5, 5.41) is 7.93. The molecule has 2 aromatic heterocycles. The van der Waals surface area contributed by atoms with Crippen LogP contribution in [-0.2, 0) is 6.54 Å². The fourth-order valence-corrected chi connectivity index (χ4v) is 2.71. The van der Waals surface area contributed by atoms with Gasteiger partial charge in [-0.05, 0) is 19.1 Å². The summed E-state index contributed by atoms with van der Waals surface area (Å²) in [5.41, 5.74) is 1.14. The van der Waals surface area contributed by atoms with Crippen molar-refractivity contribution in [2.75, 3.05) is 26.2 Å². The van der Waals surface area contributed by atoms with Crippen molar-refractivity contribution < 1.29 is 4.42 Å². The van der Waals surface area contributed by atoms with Crippen LogP contribution in [0.25, 0.3) is 0 Å². The van der Waals surface area contributed by atoms with Crippen molar-refractivity contribution in [2.45, 2.75) is 26.4 Å². The van der Waals surface area contributed by atoms with Crippen LogP contribution in [0.4, 0.5) is 0 Å². The zero-order chi connectivity index (χ0) is 14.7. The van der Waals surface area contributed by atoms with Gasteiger partial charge in [-0.3, -0.25) is 14.8 Å². The molecule has 0 N–H and O–H groups in total. The van der Waals surface area contributed by atoms with E-state index in [2.05, 4.69) is 38.0 Å². The van der Waals surface area contributed by atoms with E-state index in [0.29, 0.717) is 17.8 Å². The van der Waals surface area contributed by atoms with E-state index in [0.717, 1.165) is 38.4 Å². The minimum absolute atomic E-state index is 0.360. The van der Waals surface area contributed by atoms with E-state index in [4.69, 9.17) is 4.42 Å². The molecular weight excluding hydrogens is 266 g/mol. The van der Waals surface area contributed by atoms with Gasteiger partial charge < -0.3 is 4.42 Å². The molecule has 1 saturated heterocycles. The molecule has 0 amide bonds. The third-order valence-corrected chi connectivity index (χ3v) is 4.00. The Morgan fingerprint density at radius 2 is 2.00 bits per heavy atom. The van der Waals surface area contributed by atoms with Gasteiger partial charge >= 0.3 is 0 Å². The van der Waals surface area contributed by atoms with Crippen LogP contribution in [0.2, 0.25) is 0 Å². The maximum absolute atomic E-state index is 5.44. The minimum Gasteiger partial charge on any atom is -0.424 e. The third-order valence-electron chi connectivity index (χ3n) is 4.00. The summed E-state index contributed by atoms with van der Waals surface area (Å²) in [6.45, 7) is 8.88. The average molecular weight is 287 g/mol. The first-order valence-corrected chi connectivity index (χ1v) is 7.38. The zero-order valence-corrected chi connectivity index (χ0v) is 12.6. The van der Waals surface area contributed by atoms with Crippen molar-refractivity contribution >= 4 is 0 Å². The molecule has 1 aliphatic rings. The summed E-state index contributed by atoms with van der Waals surface area (Å²) in [5.74, 6) is 1.34. The second kappa shape index (κ2) is 6.32. The molecular formula is C15H21N5O. The monoisotopic (exact) mass is 287 g/mol. The van der Waals surface area contributed by atoms with Crippen LogP contribution in [-0.4, -0.2) is 51.2 Å². The molecule has 1 fully saturated rings. The van der Waals surface area contributed by atoms with Crippen LogP contribution in [0.5, 0.6) is 0 Å². The first-order chi connectivity index (χ1) is 10.2. The Morgan fingerprint density at radius 3 is 2.62 bits per heavy atom. The molecule has 0 aromatic carbocycles. The van der Waals surface area contributed by atoms with E-state index in [9.17, 15) is 0 Å². The van der Waals surface area contributed by atoms with Crippen molar-refractivity contribution in [3.63, 3.8) is 0 Å². The molecule has 0 saturated carbocycles. The Hall–Kier alpha value is -1.79. The Kier molecular flexibility index (Phi) is 4.26. The number of aromatic nitrogens is 3. The van der Waals surface area contributed by atoms with Crippen LogP contribution in [0, 0.1) is 6.92 Å². The van der Waals surface area contributed by atoms with Gasteiger partial charge in [0.15, 0.2) is 0 Å². The molecule has 0 bridgehead atoms. The normalized spacial score (nSPS) is 18.8. The Bertz CT molecular complexity index is 562. The molecule has 6 nitrogen and oxygen atoms in total. The smallest absolute Gasteiger partial charge is 0.230 e. The highest BCUT2D eigenvalue weighted by molar-refractivity contribution is 5.08. The molecule has 2 aromatic rings. The maximum atomic E-state index is 5.44. The van der Waals surface area contributed by atoms with Gasteiger partial charge in [0.05, 0.1) is 12.2 Å². The van der Waals surface area contributed by atoms with Crippen molar-refractivity contribution in [3.8, 4) is 0 Å². The average Bonchev–Trinajstić information content (AvgIpc) is 2.93. The molecule has 3 heterocycles. The summed E-state index contributed by atoms with van der Waals surface area (Å²) in [6, 6.07) is 6.46. The van der Waals surface area contributed by atoms with Crippen LogP contribution in [0.1, 0.15) is 30.4 Å². The standard InChI is InChI=1S/C15H21N5O/c1-12(14-5-3-4-6-16-14)20-9-7-19(8-10-20)11-15-18-17-13(2)21-15/h3-6,12H,7-11H2,1-2H3/t12-/m0/s1. The van der Waals surface area contributed by atoms with Crippen LogP contribution >= 0.6 is 0 Å². The summed E-state index contributed by atoms with van der Waals surface area (Å²) in [6.07, 6.45) is 1.86. The Morgan fingerprint density at radius 1 is 1.19 bits per heavy atom. The molecule has 112 valence electrons. The van der Waals surface area contributed by atoms with Crippen molar-refractivity contribution in [1.82, 2.24) is 25.0 Å². The first kappa shape index (κ1) is 14.2. The van der Waals surface area contributed by atoms with Gasteiger partial charge in [0, 0.05) is 45.3 Å². The largest absolute Gasteiger partial charge is 0.424 e. The van der Waals surface area contributed by atoms with E-state index < -0.39 is 0 Å². The Balaban J connectivity index is 1.53. The van der Waals surface area contributed by atoms with Crippen LogP contribution < -0.4 is 0 Å². The summed E-state index contributed by atoms with van der Waals surface area (Å²) < 4.78 is 5.44. The van der Waals surface area contributed by atoms with Crippen LogP contribution in [0.15, 0.2) is 28.8 Å². The van der Waals surface area contributed by atoms with Crippen LogP contribution in [0.3, 0.4) is 0 Å². The lowest BCUT2D eigenvalue weighted by Gasteiger charge is -2.37. The van der Waals surface area contributed by atoms with Gasteiger partial charge in [-0.15, -0.1) is 10.2 Å². The first-order valence-electron chi connectivity index (χ1n) is 7.38. The van der Waals surface area contributed by atoms with E-state index >= 15 is 0 Å². The summed E-state index contributed by atoms with van der Waals surface area (Å²) in [4.78, 5) is 9.28. The number of aryl methyl sites for hydroxylation is 1. The SMILES string of the molecule is Cc1nnc(CN2CCN([C@@H](C)c3ccccn3)CC2)o1. The van der Waals surface area contributed by atoms with E-state index in [1.165, 1.54) is 0 Å². The molecule has 0 spiro atoms. The highest BCUT2D eigenvalue weighted by atomic mass is 16.4. The van der Waals surface area contributed by atoms with E-state index in [1.807, 2.05) is 25.3 Å².